The summed E-state index contributed by atoms with van der Waals surface area (Å²) < 4.78 is 5.16. The number of methoxy groups -OCH3 is 1. The van der Waals surface area contributed by atoms with E-state index in [-0.39, 0.29) is 0 Å². The molecule has 1 atom stereocenters. The van der Waals surface area contributed by atoms with E-state index in [0.717, 1.165) is 21.6 Å². The van der Waals surface area contributed by atoms with E-state index < -0.39 is 6.10 Å². The third-order valence-electron chi connectivity index (χ3n) is 2.84. The summed E-state index contributed by atoms with van der Waals surface area (Å²) in [5.41, 5.74) is 2.95. The van der Waals surface area contributed by atoms with Crippen LogP contribution in [0.15, 0.2) is 35.7 Å². The van der Waals surface area contributed by atoms with Crippen molar-refractivity contribution in [2.24, 2.45) is 0 Å². The lowest BCUT2D eigenvalue weighted by Crippen LogP contribution is -2.04. The average Bonchev–Trinajstić information content (AvgIpc) is 2.76. The summed E-state index contributed by atoms with van der Waals surface area (Å²) in [6, 6.07) is 9.83. The predicted octanol–water partition coefficient (Wildman–Crippen LogP) is 3.28. The molecular formula is C14H16O2S. The Kier molecular flexibility index (Phi) is 3.94. The van der Waals surface area contributed by atoms with Crippen LogP contribution in [0.25, 0.3) is 0 Å². The Morgan fingerprint density at radius 3 is 2.65 bits per heavy atom. The van der Waals surface area contributed by atoms with Crippen molar-refractivity contribution in [3.63, 3.8) is 0 Å². The maximum atomic E-state index is 10.4. The molecule has 0 saturated heterocycles. The smallest absolute Gasteiger partial charge is 0.105 e. The van der Waals surface area contributed by atoms with Gasteiger partial charge in [0.25, 0.3) is 0 Å². The summed E-state index contributed by atoms with van der Waals surface area (Å²) in [4.78, 5) is 1.16. The van der Waals surface area contributed by atoms with Crippen LogP contribution in [0.4, 0.5) is 0 Å². The summed E-state index contributed by atoms with van der Waals surface area (Å²) in [6.07, 6.45) is -0.562. The number of benzene rings is 1. The minimum atomic E-state index is -0.562. The van der Waals surface area contributed by atoms with Crippen molar-refractivity contribution in [3.05, 3.63) is 57.3 Å². The number of aliphatic hydroxyl groups excluding tert-OH is 1. The fourth-order valence-electron chi connectivity index (χ4n) is 1.93. The summed E-state index contributed by atoms with van der Waals surface area (Å²) in [7, 11) is 1.67. The molecule has 2 aromatic rings. The lowest BCUT2D eigenvalue weighted by atomic mass is 9.98. The molecule has 17 heavy (non-hydrogen) atoms. The third kappa shape index (κ3) is 2.57. The summed E-state index contributed by atoms with van der Waals surface area (Å²) >= 11 is 1.66. The van der Waals surface area contributed by atoms with Gasteiger partial charge in [-0.1, -0.05) is 24.3 Å². The fraction of sp³-hybridized carbons (Fsp3) is 0.286. The molecule has 90 valence electrons. The molecule has 0 aliphatic heterocycles. The first-order valence-electron chi connectivity index (χ1n) is 5.53. The molecule has 3 heteroatoms. The van der Waals surface area contributed by atoms with Gasteiger partial charge in [0.15, 0.2) is 0 Å². The van der Waals surface area contributed by atoms with Gasteiger partial charge < -0.3 is 9.84 Å². The summed E-state index contributed by atoms with van der Waals surface area (Å²) in [5, 5.41) is 12.4. The number of thiophene rings is 1. The molecule has 2 rings (SSSR count). The monoisotopic (exact) mass is 248 g/mol. The van der Waals surface area contributed by atoms with Crippen molar-refractivity contribution in [3.8, 4) is 0 Å². The van der Waals surface area contributed by atoms with Crippen LogP contribution in [-0.2, 0) is 11.3 Å². The van der Waals surface area contributed by atoms with Crippen LogP contribution in [0, 0.1) is 6.92 Å². The number of aliphatic hydroxyl groups is 1. The van der Waals surface area contributed by atoms with Crippen LogP contribution in [0.3, 0.4) is 0 Å². The molecular weight excluding hydrogens is 232 g/mol. The van der Waals surface area contributed by atoms with Crippen molar-refractivity contribution in [1.29, 1.82) is 0 Å². The number of hydrogen-bond acceptors (Lipinski definition) is 3. The maximum Gasteiger partial charge on any atom is 0.105 e. The van der Waals surface area contributed by atoms with Crippen LogP contribution >= 0.6 is 11.3 Å². The Labute approximate surface area is 105 Å². The van der Waals surface area contributed by atoms with Gasteiger partial charge in [0.1, 0.15) is 6.10 Å². The predicted molar refractivity (Wildman–Crippen MR) is 70.3 cm³/mol. The highest BCUT2D eigenvalue weighted by atomic mass is 32.1. The molecule has 1 aromatic carbocycles. The van der Waals surface area contributed by atoms with Gasteiger partial charge in [0.05, 0.1) is 6.61 Å². The molecule has 1 aromatic heterocycles. The van der Waals surface area contributed by atoms with Crippen LogP contribution in [-0.4, -0.2) is 12.2 Å². The second-order valence-electron chi connectivity index (χ2n) is 3.97. The van der Waals surface area contributed by atoms with Crippen molar-refractivity contribution in [1.82, 2.24) is 0 Å². The first-order valence-corrected chi connectivity index (χ1v) is 6.40. The van der Waals surface area contributed by atoms with Crippen LogP contribution in [0.1, 0.15) is 27.7 Å². The highest BCUT2D eigenvalue weighted by Gasteiger charge is 2.16. The van der Waals surface area contributed by atoms with Gasteiger partial charge in [-0.25, -0.2) is 0 Å². The van der Waals surface area contributed by atoms with Crippen LogP contribution < -0.4 is 0 Å². The van der Waals surface area contributed by atoms with E-state index in [9.17, 15) is 5.11 Å². The van der Waals surface area contributed by atoms with Crippen molar-refractivity contribution in [2.75, 3.05) is 7.11 Å². The molecule has 0 aliphatic rings. The van der Waals surface area contributed by atoms with Gasteiger partial charge in [0, 0.05) is 12.0 Å². The largest absolute Gasteiger partial charge is 0.384 e. The minimum absolute atomic E-state index is 0.524. The van der Waals surface area contributed by atoms with Gasteiger partial charge >= 0.3 is 0 Å². The fourth-order valence-corrected chi connectivity index (χ4v) is 2.67. The Hall–Kier alpha value is -1.16. The maximum absolute atomic E-state index is 10.4. The molecule has 0 aliphatic carbocycles. The highest BCUT2D eigenvalue weighted by Crippen LogP contribution is 2.30. The first-order chi connectivity index (χ1) is 8.24. The third-order valence-corrected chi connectivity index (χ3v) is 3.70. The summed E-state index contributed by atoms with van der Waals surface area (Å²) in [6.45, 7) is 2.55. The molecule has 0 bridgehead atoms. The van der Waals surface area contributed by atoms with Crippen molar-refractivity contribution in [2.45, 2.75) is 19.6 Å². The molecule has 1 heterocycles. The van der Waals surface area contributed by atoms with Gasteiger partial charge in [-0.3, -0.25) is 0 Å². The topological polar surface area (TPSA) is 29.5 Å². The molecule has 1 unspecified atom stereocenters. The Bertz CT molecular complexity index is 490. The molecule has 0 amide bonds. The standard InChI is InChI=1S/C14H16O2S/c1-10-12(7-8-17-10)14(15)13-6-4-3-5-11(13)9-16-2/h3-8,14-15H,9H2,1-2H3. The SMILES string of the molecule is COCc1ccccc1C(O)c1ccsc1C. The van der Waals surface area contributed by atoms with Crippen LogP contribution in [0.2, 0.25) is 0 Å². The lowest BCUT2D eigenvalue weighted by Gasteiger charge is -2.15. The van der Waals surface area contributed by atoms with Crippen LogP contribution in [0.5, 0.6) is 0 Å². The molecule has 0 radical (unpaired) electrons. The molecule has 2 nitrogen and oxygen atoms in total. The van der Waals surface area contributed by atoms with Gasteiger partial charge in [-0.15, -0.1) is 11.3 Å². The summed E-state index contributed by atoms with van der Waals surface area (Å²) in [5.74, 6) is 0. The molecule has 1 N–H and O–H groups in total. The lowest BCUT2D eigenvalue weighted by molar-refractivity contribution is 0.176. The average molecular weight is 248 g/mol. The Morgan fingerprint density at radius 2 is 2.00 bits per heavy atom. The minimum Gasteiger partial charge on any atom is -0.384 e. The van der Waals surface area contributed by atoms with Crippen molar-refractivity contribution >= 4 is 11.3 Å². The quantitative estimate of drug-likeness (QED) is 0.899. The molecule has 0 saturated carbocycles. The van der Waals surface area contributed by atoms with E-state index in [1.54, 1.807) is 18.4 Å². The van der Waals surface area contributed by atoms with E-state index in [2.05, 4.69) is 0 Å². The van der Waals surface area contributed by atoms with E-state index >= 15 is 0 Å². The highest BCUT2D eigenvalue weighted by molar-refractivity contribution is 7.10. The van der Waals surface area contributed by atoms with E-state index in [4.69, 9.17) is 4.74 Å². The van der Waals surface area contributed by atoms with Gasteiger partial charge in [-0.2, -0.15) is 0 Å². The van der Waals surface area contributed by atoms with Gasteiger partial charge in [0.2, 0.25) is 0 Å². The van der Waals surface area contributed by atoms with Crippen molar-refractivity contribution < 1.29 is 9.84 Å². The van der Waals surface area contributed by atoms with Gasteiger partial charge in [-0.05, 0) is 35.1 Å². The second kappa shape index (κ2) is 5.45. The number of hydrogen-bond donors (Lipinski definition) is 1. The second-order valence-corrected chi connectivity index (χ2v) is 5.09. The number of rotatable bonds is 4. The molecule has 0 spiro atoms. The zero-order chi connectivity index (χ0) is 12.3. The van der Waals surface area contributed by atoms with E-state index in [1.807, 2.05) is 42.6 Å². The first kappa shape index (κ1) is 12.3. The number of ether oxygens (including phenoxy) is 1. The Balaban J connectivity index is 2.37. The normalized spacial score (nSPS) is 12.6. The van der Waals surface area contributed by atoms with E-state index in [1.165, 1.54) is 0 Å². The Morgan fingerprint density at radius 1 is 1.24 bits per heavy atom. The zero-order valence-electron chi connectivity index (χ0n) is 10.0. The van der Waals surface area contributed by atoms with E-state index in [0.29, 0.717) is 6.61 Å². The zero-order valence-corrected chi connectivity index (χ0v) is 10.8. The molecule has 0 fully saturated rings. The number of aryl methyl sites for hydroxylation is 1.